The third kappa shape index (κ3) is 4.57. The first-order valence-electron chi connectivity index (χ1n) is 9.51. The third-order valence-electron chi connectivity index (χ3n) is 4.71. The maximum atomic E-state index is 13.1. The Hall–Kier alpha value is -3.29. The van der Waals surface area contributed by atoms with Crippen molar-refractivity contribution in [3.05, 3.63) is 83.3 Å². The minimum absolute atomic E-state index is 0.156. The lowest BCUT2D eigenvalue weighted by Gasteiger charge is -2.15. The van der Waals surface area contributed by atoms with Gasteiger partial charge in [0.1, 0.15) is 11.5 Å². The highest BCUT2D eigenvalue weighted by atomic mass is 32.2. The zero-order valence-electron chi connectivity index (χ0n) is 17.0. The number of carbonyl (C=O) groups excluding carboxylic acids is 1. The van der Waals surface area contributed by atoms with E-state index >= 15 is 0 Å². The van der Waals surface area contributed by atoms with Crippen LogP contribution in [-0.4, -0.2) is 24.4 Å². The Morgan fingerprint density at radius 3 is 2.32 bits per heavy atom. The Labute approximate surface area is 190 Å². The monoisotopic (exact) mass is 448 g/mol. The van der Waals surface area contributed by atoms with Crippen molar-refractivity contribution in [2.24, 2.45) is 0 Å². The molecule has 0 saturated carbocycles. The number of methoxy groups -OCH3 is 2. The fourth-order valence-corrected chi connectivity index (χ4v) is 4.44. The van der Waals surface area contributed by atoms with Crippen molar-refractivity contribution in [3.8, 4) is 11.5 Å². The molecule has 5 nitrogen and oxygen atoms in total. The molecule has 0 spiro atoms. The maximum Gasteiger partial charge on any atom is 0.270 e. The highest BCUT2D eigenvalue weighted by Gasteiger charge is 2.33. The molecule has 1 heterocycles. The van der Waals surface area contributed by atoms with E-state index in [0.29, 0.717) is 20.7 Å². The molecule has 156 valence electrons. The summed E-state index contributed by atoms with van der Waals surface area (Å²) in [6.07, 6.45) is 1.79. The minimum atomic E-state index is -0.156. The van der Waals surface area contributed by atoms with Crippen LogP contribution in [0.1, 0.15) is 5.56 Å². The van der Waals surface area contributed by atoms with E-state index in [4.69, 9.17) is 21.7 Å². The number of anilines is 3. The average Bonchev–Trinajstić information content (AvgIpc) is 3.08. The summed E-state index contributed by atoms with van der Waals surface area (Å²) in [6, 6.07) is 23.0. The molecule has 31 heavy (non-hydrogen) atoms. The first kappa shape index (κ1) is 21.0. The van der Waals surface area contributed by atoms with Gasteiger partial charge < -0.3 is 14.8 Å². The molecule has 1 aliphatic rings. The van der Waals surface area contributed by atoms with Crippen LogP contribution in [0.2, 0.25) is 0 Å². The standard InChI is InChI=1S/C24H20N2O3S2/c1-28-20-13-8-16(21(15-20)29-2)14-22-23(27)26(24(30)31-22)19-11-9-18(10-12-19)25-17-6-4-3-5-7-17/h3-15,25H,1-2H3/b22-14-. The van der Waals surface area contributed by atoms with Crippen LogP contribution in [0.4, 0.5) is 17.1 Å². The van der Waals surface area contributed by atoms with E-state index in [2.05, 4.69) is 5.32 Å². The van der Waals surface area contributed by atoms with Gasteiger partial charge in [0.05, 0.1) is 24.8 Å². The molecule has 7 heteroatoms. The molecule has 4 rings (SSSR count). The van der Waals surface area contributed by atoms with Gasteiger partial charge in [-0.2, -0.15) is 0 Å². The number of amides is 1. The summed E-state index contributed by atoms with van der Waals surface area (Å²) in [5.41, 5.74) is 3.44. The van der Waals surface area contributed by atoms with Crippen LogP contribution < -0.4 is 19.7 Å². The van der Waals surface area contributed by atoms with Crippen molar-refractivity contribution in [1.82, 2.24) is 0 Å². The smallest absolute Gasteiger partial charge is 0.270 e. The van der Waals surface area contributed by atoms with Crippen LogP contribution in [0.5, 0.6) is 11.5 Å². The van der Waals surface area contributed by atoms with Crippen molar-refractivity contribution in [2.45, 2.75) is 0 Å². The van der Waals surface area contributed by atoms with Gasteiger partial charge in [0.15, 0.2) is 4.32 Å². The second kappa shape index (κ2) is 9.24. The second-order valence-corrected chi connectivity index (χ2v) is 8.34. The number of hydrogen-bond donors (Lipinski definition) is 1. The van der Waals surface area contributed by atoms with Crippen LogP contribution in [0.15, 0.2) is 77.7 Å². The molecule has 0 aromatic heterocycles. The van der Waals surface area contributed by atoms with E-state index in [-0.39, 0.29) is 5.91 Å². The highest BCUT2D eigenvalue weighted by molar-refractivity contribution is 8.27. The largest absolute Gasteiger partial charge is 0.497 e. The van der Waals surface area contributed by atoms with E-state index in [0.717, 1.165) is 22.6 Å². The number of nitrogens with one attached hydrogen (secondary N) is 1. The van der Waals surface area contributed by atoms with Gasteiger partial charge in [0.25, 0.3) is 5.91 Å². The Bertz CT molecular complexity index is 1150. The summed E-state index contributed by atoms with van der Waals surface area (Å²) in [7, 11) is 3.18. The number of nitrogens with zero attached hydrogens (tertiary/aromatic N) is 1. The maximum absolute atomic E-state index is 13.1. The number of hydrogen-bond acceptors (Lipinski definition) is 6. The first-order chi connectivity index (χ1) is 15.1. The van der Waals surface area contributed by atoms with Crippen molar-refractivity contribution in [3.63, 3.8) is 0 Å². The molecular weight excluding hydrogens is 428 g/mol. The SMILES string of the molecule is COc1ccc(/C=C2\SC(=S)N(c3ccc(Nc4ccccc4)cc3)C2=O)c(OC)c1. The number of thioether (sulfide) groups is 1. The van der Waals surface area contributed by atoms with Gasteiger partial charge in [-0.25, -0.2) is 0 Å². The molecule has 3 aromatic rings. The summed E-state index contributed by atoms with van der Waals surface area (Å²) in [6.45, 7) is 0. The van der Waals surface area contributed by atoms with Crippen molar-refractivity contribution in [2.75, 3.05) is 24.4 Å². The number of rotatable bonds is 6. The van der Waals surface area contributed by atoms with Crippen LogP contribution in [-0.2, 0) is 4.79 Å². The molecule has 1 fully saturated rings. The highest BCUT2D eigenvalue weighted by Crippen LogP contribution is 2.38. The van der Waals surface area contributed by atoms with Crippen LogP contribution in [0, 0.1) is 0 Å². The summed E-state index contributed by atoms with van der Waals surface area (Å²) < 4.78 is 11.2. The van der Waals surface area contributed by atoms with Gasteiger partial charge in [0.2, 0.25) is 0 Å². The molecule has 0 radical (unpaired) electrons. The molecule has 1 aliphatic heterocycles. The van der Waals surface area contributed by atoms with Crippen LogP contribution >= 0.6 is 24.0 Å². The van der Waals surface area contributed by atoms with Crippen LogP contribution in [0.25, 0.3) is 6.08 Å². The van der Waals surface area contributed by atoms with E-state index in [1.165, 1.54) is 11.8 Å². The van der Waals surface area contributed by atoms with Crippen LogP contribution in [0.3, 0.4) is 0 Å². The van der Waals surface area contributed by atoms with Crippen molar-refractivity contribution >= 4 is 57.3 Å². The fourth-order valence-electron chi connectivity index (χ4n) is 3.15. The predicted octanol–water partition coefficient (Wildman–Crippen LogP) is 5.85. The lowest BCUT2D eigenvalue weighted by molar-refractivity contribution is -0.113. The molecule has 0 unspecified atom stereocenters. The van der Waals surface area contributed by atoms with E-state index < -0.39 is 0 Å². The predicted molar refractivity (Wildman–Crippen MR) is 131 cm³/mol. The molecule has 0 aliphatic carbocycles. The van der Waals surface area contributed by atoms with Crippen molar-refractivity contribution < 1.29 is 14.3 Å². The van der Waals surface area contributed by atoms with Gasteiger partial charge in [-0.1, -0.05) is 42.2 Å². The van der Waals surface area contributed by atoms with Crippen molar-refractivity contribution in [1.29, 1.82) is 0 Å². The molecule has 1 N–H and O–H groups in total. The molecule has 1 amide bonds. The summed E-state index contributed by atoms with van der Waals surface area (Å²) >= 11 is 6.77. The average molecular weight is 449 g/mol. The van der Waals surface area contributed by atoms with Gasteiger partial charge >= 0.3 is 0 Å². The number of ether oxygens (including phenoxy) is 2. The first-order valence-corrected chi connectivity index (χ1v) is 10.7. The summed E-state index contributed by atoms with van der Waals surface area (Å²) in [5, 5.41) is 3.33. The molecule has 1 saturated heterocycles. The zero-order chi connectivity index (χ0) is 21.8. The number of carbonyl (C=O) groups is 1. The molecule has 0 bridgehead atoms. The summed E-state index contributed by atoms with van der Waals surface area (Å²) in [5.74, 6) is 1.16. The number of thiocarbonyl (C=S) groups is 1. The topological polar surface area (TPSA) is 50.8 Å². The normalized spacial score (nSPS) is 14.8. The Balaban J connectivity index is 1.55. The van der Waals surface area contributed by atoms with Gasteiger partial charge in [0, 0.05) is 23.0 Å². The van der Waals surface area contributed by atoms with Gasteiger partial charge in [-0.05, 0) is 54.6 Å². The van der Waals surface area contributed by atoms with Gasteiger partial charge in [-0.15, -0.1) is 0 Å². The lowest BCUT2D eigenvalue weighted by Crippen LogP contribution is -2.27. The lowest BCUT2D eigenvalue weighted by atomic mass is 10.1. The molecular formula is C24H20N2O3S2. The Morgan fingerprint density at radius 2 is 1.65 bits per heavy atom. The third-order valence-corrected chi connectivity index (χ3v) is 6.01. The quantitative estimate of drug-likeness (QED) is 0.377. The van der Waals surface area contributed by atoms with E-state index in [1.54, 1.807) is 31.3 Å². The zero-order valence-corrected chi connectivity index (χ0v) is 18.6. The Morgan fingerprint density at radius 1 is 0.935 bits per heavy atom. The van der Waals surface area contributed by atoms with E-state index in [9.17, 15) is 4.79 Å². The van der Waals surface area contributed by atoms with E-state index in [1.807, 2.05) is 66.7 Å². The molecule has 0 atom stereocenters. The van der Waals surface area contributed by atoms with Gasteiger partial charge in [-0.3, -0.25) is 9.69 Å². The Kier molecular flexibility index (Phi) is 6.25. The second-order valence-electron chi connectivity index (χ2n) is 6.66. The summed E-state index contributed by atoms with van der Waals surface area (Å²) in [4.78, 5) is 15.2. The number of para-hydroxylation sites is 1. The minimum Gasteiger partial charge on any atom is -0.497 e. The molecule has 3 aromatic carbocycles. The number of benzene rings is 3. The fraction of sp³-hybridized carbons (Fsp3) is 0.0833.